The Morgan fingerprint density at radius 1 is 1.31 bits per heavy atom. The summed E-state index contributed by atoms with van der Waals surface area (Å²) in [5.41, 5.74) is 13.1. The van der Waals surface area contributed by atoms with Crippen LogP contribution in [0.25, 0.3) is 10.9 Å². The average Bonchev–Trinajstić information content (AvgIpc) is 2.90. The Morgan fingerprint density at radius 3 is 2.50 bits per heavy atom. The number of carbonyl (C=O) groups is 1. The fraction of sp³-hybridized carbons (Fsp3) is 0.579. The van der Waals surface area contributed by atoms with Crippen LogP contribution in [0.1, 0.15) is 46.5 Å². The minimum Gasteiger partial charge on any atom is -0.465 e. The Morgan fingerprint density at radius 2 is 1.96 bits per heavy atom. The highest BCUT2D eigenvalue weighted by Gasteiger charge is 2.37. The van der Waals surface area contributed by atoms with Crippen LogP contribution in [0.2, 0.25) is 0 Å². The SMILES string of the molecule is CC(C)(C)N(C(=O)O)[C@H]1CCCC[C@H]1N.Cn1cc2c(N)cccc2n1. The second-order valence-corrected chi connectivity index (χ2v) is 7.92. The van der Waals surface area contributed by atoms with Gasteiger partial charge >= 0.3 is 6.09 Å². The number of aromatic nitrogens is 2. The molecule has 26 heavy (non-hydrogen) atoms. The third-order valence-electron chi connectivity index (χ3n) is 4.74. The first-order chi connectivity index (χ1) is 12.1. The van der Waals surface area contributed by atoms with Crippen LogP contribution in [0.4, 0.5) is 10.5 Å². The zero-order valence-electron chi connectivity index (χ0n) is 16.1. The molecule has 5 N–H and O–H groups in total. The van der Waals surface area contributed by atoms with E-state index in [-0.39, 0.29) is 17.6 Å². The molecule has 0 aliphatic heterocycles. The minimum atomic E-state index is -0.857. The number of nitrogen functional groups attached to an aromatic ring is 1. The molecule has 1 fully saturated rings. The van der Waals surface area contributed by atoms with E-state index < -0.39 is 6.09 Å². The van der Waals surface area contributed by atoms with E-state index in [0.29, 0.717) is 0 Å². The Balaban J connectivity index is 0.000000195. The molecule has 2 atom stereocenters. The van der Waals surface area contributed by atoms with Gasteiger partial charge in [0.25, 0.3) is 0 Å². The number of benzene rings is 1. The van der Waals surface area contributed by atoms with Crippen molar-refractivity contribution in [1.29, 1.82) is 0 Å². The Labute approximate surface area is 154 Å². The molecule has 1 heterocycles. The summed E-state index contributed by atoms with van der Waals surface area (Å²) < 4.78 is 1.76. The summed E-state index contributed by atoms with van der Waals surface area (Å²) in [6.07, 6.45) is 5.10. The maximum atomic E-state index is 11.3. The van der Waals surface area contributed by atoms with Crippen LogP contribution in [-0.4, -0.2) is 43.5 Å². The number of anilines is 1. The number of carboxylic acid groups (broad SMARTS) is 1. The van der Waals surface area contributed by atoms with Crippen molar-refractivity contribution in [3.05, 3.63) is 24.4 Å². The molecule has 1 aliphatic carbocycles. The van der Waals surface area contributed by atoms with E-state index in [9.17, 15) is 9.90 Å². The van der Waals surface area contributed by atoms with Crippen molar-refractivity contribution >= 4 is 22.7 Å². The third kappa shape index (κ3) is 4.66. The average molecular weight is 361 g/mol. The van der Waals surface area contributed by atoms with Gasteiger partial charge in [-0.15, -0.1) is 0 Å². The van der Waals surface area contributed by atoms with Crippen LogP contribution in [-0.2, 0) is 7.05 Å². The first-order valence-corrected chi connectivity index (χ1v) is 9.07. The van der Waals surface area contributed by atoms with E-state index in [2.05, 4.69) is 5.10 Å². The van der Waals surface area contributed by atoms with E-state index in [4.69, 9.17) is 11.5 Å². The summed E-state index contributed by atoms with van der Waals surface area (Å²) in [7, 11) is 1.89. The summed E-state index contributed by atoms with van der Waals surface area (Å²) in [6, 6.07) is 5.71. The molecule has 1 amide bonds. The van der Waals surface area contributed by atoms with Gasteiger partial charge in [-0.25, -0.2) is 4.79 Å². The van der Waals surface area contributed by atoms with Gasteiger partial charge in [0.1, 0.15) is 0 Å². The van der Waals surface area contributed by atoms with Crippen molar-refractivity contribution in [1.82, 2.24) is 14.7 Å². The Kier molecular flexibility index (Phi) is 6.13. The lowest BCUT2D eigenvalue weighted by Crippen LogP contribution is -2.58. The molecule has 2 aromatic rings. The van der Waals surface area contributed by atoms with E-state index in [1.165, 1.54) is 4.90 Å². The van der Waals surface area contributed by atoms with Crippen molar-refractivity contribution in [3.8, 4) is 0 Å². The lowest BCUT2D eigenvalue weighted by Gasteiger charge is -2.44. The summed E-state index contributed by atoms with van der Waals surface area (Å²) in [4.78, 5) is 12.8. The van der Waals surface area contributed by atoms with Gasteiger partial charge in [0.2, 0.25) is 0 Å². The van der Waals surface area contributed by atoms with E-state index in [0.717, 1.165) is 42.3 Å². The van der Waals surface area contributed by atoms with Crippen molar-refractivity contribution in [2.45, 2.75) is 64.1 Å². The molecule has 1 aliphatic rings. The fourth-order valence-electron chi connectivity index (χ4n) is 3.57. The smallest absolute Gasteiger partial charge is 0.408 e. The number of rotatable bonds is 1. The second kappa shape index (κ2) is 7.95. The number of nitrogens with two attached hydrogens (primary N) is 2. The lowest BCUT2D eigenvalue weighted by atomic mass is 9.87. The fourth-order valence-corrected chi connectivity index (χ4v) is 3.57. The van der Waals surface area contributed by atoms with Crippen LogP contribution < -0.4 is 11.5 Å². The van der Waals surface area contributed by atoms with Crippen LogP contribution in [0.5, 0.6) is 0 Å². The summed E-state index contributed by atoms with van der Waals surface area (Å²) in [5, 5.41) is 14.5. The molecule has 0 saturated heterocycles. The van der Waals surface area contributed by atoms with Crippen molar-refractivity contribution < 1.29 is 9.90 Å². The molecule has 1 saturated carbocycles. The number of aryl methyl sites for hydroxylation is 1. The van der Waals surface area contributed by atoms with Gasteiger partial charge in [-0.05, 0) is 45.7 Å². The van der Waals surface area contributed by atoms with Crippen LogP contribution >= 0.6 is 0 Å². The maximum absolute atomic E-state index is 11.3. The Bertz CT molecular complexity index is 750. The zero-order valence-corrected chi connectivity index (χ0v) is 16.1. The highest BCUT2D eigenvalue weighted by Crippen LogP contribution is 2.27. The largest absolute Gasteiger partial charge is 0.465 e. The summed E-state index contributed by atoms with van der Waals surface area (Å²) >= 11 is 0. The lowest BCUT2D eigenvalue weighted by molar-refractivity contribution is 0.0491. The summed E-state index contributed by atoms with van der Waals surface area (Å²) in [6.45, 7) is 5.76. The number of fused-ring (bicyclic) bond motifs is 1. The first kappa shape index (κ1) is 20.0. The predicted octanol–water partition coefficient (Wildman–Crippen LogP) is 3.19. The predicted molar refractivity (Wildman–Crippen MR) is 105 cm³/mol. The van der Waals surface area contributed by atoms with Gasteiger partial charge in [0.05, 0.1) is 11.6 Å². The number of hydrogen-bond donors (Lipinski definition) is 3. The van der Waals surface area contributed by atoms with Crippen molar-refractivity contribution in [2.75, 3.05) is 5.73 Å². The van der Waals surface area contributed by atoms with E-state index >= 15 is 0 Å². The second-order valence-electron chi connectivity index (χ2n) is 7.92. The first-order valence-electron chi connectivity index (χ1n) is 9.07. The highest BCUT2D eigenvalue weighted by molar-refractivity contribution is 5.89. The number of amides is 1. The molecule has 0 radical (unpaired) electrons. The van der Waals surface area contributed by atoms with Gasteiger partial charge < -0.3 is 16.6 Å². The monoisotopic (exact) mass is 361 g/mol. The van der Waals surface area contributed by atoms with Crippen molar-refractivity contribution in [3.63, 3.8) is 0 Å². The molecule has 0 spiro atoms. The highest BCUT2D eigenvalue weighted by atomic mass is 16.4. The molecular weight excluding hydrogens is 330 g/mol. The molecule has 7 heteroatoms. The van der Waals surface area contributed by atoms with Crippen LogP contribution in [0, 0.1) is 0 Å². The number of hydrogen-bond acceptors (Lipinski definition) is 4. The standard InChI is InChI=1S/C11H22N2O2.C8H9N3/c1-11(2,3)13(10(14)15)9-7-5-4-6-8(9)12;1-11-5-6-7(9)3-2-4-8(6)10-11/h8-9H,4-7,12H2,1-3H3,(H,14,15);2-5H,9H2,1H3/t8-,9+;/m1./s1. The van der Waals surface area contributed by atoms with Crippen molar-refractivity contribution in [2.24, 2.45) is 12.8 Å². The van der Waals surface area contributed by atoms with E-state index in [1.807, 2.05) is 52.2 Å². The quantitative estimate of drug-likeness (QED) is 0.676. The van der Waals surface area contributed by atoms with Gasteiger partial charge in [-0.3, -0.25) is 9.58 Å². The van der Waals surface area contributed by atoms with E-state index in [1.54, 1.807) is 4.68 Å². The molecule has 0 unspecified atom stereocenters. The zero-order chi connectivity index (χ0) is 19.5. The van der Waals surface area contributed by atoms with Gasteiger partial charge in [0.15, 0.2) is 0 Å². The molecule has 1 aromatic carbocycles. The van der Waals surface area contributed by atoms with Crippen LogP contribution in [0.3, 0.4) is 0 Å². The molecule has 7 nitrogen and oxygen atoms in total. The topological polar surface area (TPSA) is 110 Å². The normalized spacial score (nSPS) is 20.3. The van der Waals surface area contributed by atoms with Gasteiger partial charge in [-0.1, -0.05) is 18.9 Å². The van der Waals surface area contributed by atoms with Crippen LogP contribution in [0.15, 0.2) is 24.4 Å². The van der Waals surface area contributed by atoms with Gasteiger partial charge in [0, 0.05) is 35.9 Å². The molecule has 1 aromatic heterocycles. The molecule has 144 valence electrons. The Hall–Kier alpha value is -2.28. The maximum Gasteiger partial charge on any atom is 0.408 e. The minimum absolute atomic E-state index is 0.00549. The molecule has 0 bridgehead atoms. The number of nitrogens with zero attached hydrogens (tertiary/aromatic N) is 3. The summed E-state index contributed by atoms with van der Waals surface area (Å²) in [5.74, 6) is 0. The molecular formula is C19H31N5O2. The van der Waals surface area contributed by atoms with Gasteiger partial charge in [-0.2, -0.15) is 5.10 Å². The molecule has 3 rings (SSSR count). The third-order valence-corrected chi connectivity index (χ3v) is 4.74.